The minimum atomic E-state index is -0.509. The first kappa shape index (κ1) is 15.4. The van der Waals surface area contributed by atoms with Crippen molar-refractivity contribution < 1.29 is 14.3 Å². The molecule has 0 bridgehead atoms. The fourth-order valence-electron chi connectivity index (χ4n) is 2.11. The number of carbonyl (C=O) groups is 2. The average molecular weight is 332 g/mol. The Labute approximate surface area is 137 Å². The number of rotatable bonds is 4. The molecule has 3 rings (SSSR count). The Morgan fingerprint density at radius 2 is 2.00 bits per heavy atom. The number of anilines is 1. The number of benzene rings is 1. The Morgan fingerprint density at radius 3 is 2.61 bits per heavy atom. The van der Waals surface area contributed by atoms with E-state index in [9.17, 15) is 9.59 Å². The maximum absolute atomic E-state index is 12.2. The van der Waals surface area contributed by atoms with Crippen LogP contribution in [0.1, 0.15) is 45.3 Å². The molecule has 1 heterocycles. The third-order valence-electron chi connectivity index (χ3n) is 3.55. The first-order chi connectivity index (χ1) is 11.1. The monoisotopic (exact) mass is 331 g/mol. The van der Waals surface area contributed by atoms with Gasteiger partial charge in [-0.05, 0) is 43.2 Å². The number of esters is 1. The van der Waals surface area contributed by atoms with Crippen molar-refractivity contribution in [2.24, 2.45) is 0 Å². The number of aromatic nitrogens is 2. The molecule has 1 fully saturated rings. The summed E-state index contributed by atoms with van der Waals surface area (Å²) in [5, 5.41) is 11.0. The van der Waals surface area contributed by atoms with Crippen LogP contribution in [-0.4, -0.2) is 29.2 Å². The van der Waals surface area contributed by atoms with Crippen molar-refractivity contribution in [2.45, 2.75) is 18.8 Å². The van der Waals surface area contributed by atoms with E-state index in [1.165, 1.54) is 25.3 Å². The molecule has 0 aliphatic heterocycles. The number of nitrogens with zero attached hydrogens (tertiary/aromatic N) is 2. The van der Waals surface area contributed by atoms with Crippen LogP contribution in [0.15, 0.2) is 30.3 Å². The summed E-state index contributed by atoms with van der Waals surface area (Å²) in [6.45, 7) is 0. The lowest BCUT2D eigenvalue weighted by molar-refractivity contribution is 0.0600. The smallest absolute Gasteiger partial charge is 0.337 e. The average Bonchev–Trinajstić information content (AvgIpc) is 3.41. The number of nitrogens with one attached hydrogen (secondary N) is 1. The highest BCUT2D eigenvalue weighted by atomic mass is 35.5. The van der Waals surface area contributed by atoms with Crippen LogP contribution < -0.4 is 5.32 Å². The molecule has 1 N–H and O–H groups in total. The minimum Gasteiger partial charge on any atom is -0.465 e. The highest BCUT2D eigenvalue weighted by molar-refractivity contribution is 6.34. The summed E-state index contributed by atoms with van der Waals surface area (Å²) in [5.41, 5.74) is 1.70. The van der Waals surface area contributed by atoms with E-state index in [2.05, 4.69) is 20.3 Å². The molecule has 1 aromatic heterocycles. The van der Waals surface area contributed by atoms with E-state index in [1.54, 1.807) is 6.07 Å². The van der Waals surface area contributed by atoms with Crippen molar-refractivity contribution in [2.75, 3.05) is 12.4 Å². The molecule has 1 saturated carbocycles. The summed E-state index contributed by atoms with van der Waals surface area (Å²) < 4.78 is 4.65. The SMILES string of the molecule is COC(=O)c1ccc(Cl)c(NC(=O)c2ccc(C3CC3)nn2)c1. The van der Waals surface area contributed by atoms with Gasteiger partial charge in [-0.2, -0.15) is 5.10 Å². The van der Waals surface area contributed by atoms with Crippen molar-refractivity contribution >= 4 is 29.2 Å². The van der Waals surface area contributed by atoms with Gasteiger partial charge in [-0.3, -0.25) is 4.79 Å². The predicted octanol–water partition coefficient (Wildman–Crippen LogP) is 3.05. The number of carbonyl (C=O) groups excluding carboxylic acids is 2. The first-order valence-electron chi connectivity index (χ1n) is 7.11. The van der Waals surface area contributed by atoms with Gasteiger partial charge in [0.15, 0.2) is 5.69 Å². The Balaban J connectivity index is 1.77. The van der Waals surface area contributed by atoms with Gasteiger partial charge in [0.25, 0.3) is 5.91 Å². The number of hydrogen-bond acceptors (Lipinski definition) is 5. The Bertz CT molecular complexity index is 758. The zero-order valence-corrected chi connectivity index (χ0v) is 13.1. The maximum atomic E-state index is 12.2. The van der Waals surface area contributed by atoms with Gasteiger partial charge in [0, 0.05) is 5.92 Å². The molecule has 6 nitrogen and oxygen atoms in total. The number of hydrogen-bond donors (Lipinski definition) is 1. The van der Waals surface area contributed by atoms with E-state index in [0.717, 1.165) is 18.5 Å². The van der Waals surface area contributed by atoms with E-state index >= 15 is 0 Å². The molecule has 1 aliphatic carbocycles. The van der Waals surface area contributed by atoms with E-state index in [0.29, 0.717) is 22.2 Å². The summed E-state index contributed by atoms with van der Waals surface area (Å²) >= 11 is 6.05. The van der Waals surface area contributed by atoms with Gasteiger partial charge in [0.05, 0.1) is 29.1 Å². The van der Waals surface area contributed by atoms with Crippen molar-refractivity contribution in [3.05, 3.63) is 52.3 Å². The number of amides is 1. The Hall–Kier alpha value is -2.47. The summed E-state index contributed by atoms with van der Waals surface area (Å²) in [4.78, 5) is 23.8. The molecule has 0 atom stereocenters. The van der Waals surface area contributed by atoms with E-state index < -0.39 is 11.9 Å². The van der Waals surface area contributed by atoms with Crippen molar-refractivity contribution in [3.63, 3.8) is 0 Å². The Kier molecular flexibility index (Phi) is 4.25. The highest BCUT2D eigenvalue weighted by Crippen LogP contribution is 2.38. The van der Waals surface area contributed by atoms with Gasteiger partial charge in [0.1, 0.15) is 0 Å². The summed E-state index contributed by atoms with van der Waals surface area (Å²) in [5.74, 6) is -0.472. The second-order valence-corrected chi connectivity index (χ2v) is 5.67. The largest absolute Gasteiger partial charge is 0.465 e. The molecule has 0 saturated heterocycles. The highest BCUT2D eigenvalue weighted by Gasteiger charge is 2.25. The van der Waals surface area contributed by atoms with Gasteiger partial charge in [-0.15, -0.1) is 5.10 Å². The number of ether oxygens (including phenoxy) is 1. The second-order valence-electron chi connectivity index (χ2n) is 5.26. The van der Waals surface area contributed by atoms with Crippen LogP contribution in [-0.2, 0) is 4.74 Å². The van der Waals surface area contributed by atoms with Crippen LogP contribution in [0.3, 0.4) is 0 Å². The lowest BCUT2D eigenvalue weighted by Crippen LogP contribution is -2.15. The van der Waals surface area contributed by atoms with Gasteiger partial charge in [0.2, 0.25) is 0 Å². The molecule has 23 heavy (non-hydrogen) atoms. The molecule has 1 aromatic carbocycles. The molecule has 0 spiro atoms. The first-order valence-corrected chi connectivity index (χ1v) is 7.49. The lowest BCUT2D eigenvalue weighted by atomic mass is 10.2. The van der Waals surface area contributed by atoms with Crippen LogP contribution in [0, 0.1) is 0 Å². The zero-order chi connectivity index (χ0) is 16.4. The standard InChI is InChI=1S/C16H14ClN3O3/c1-23-16(22)10-4-5-11(17)14(8-10)18-15(21)13-7-6-12(19-20-13)9-2-3-9/h4-9H,2-3H2,1H3,(H,18,21). The third-order valence-corrected chi connectivity index (χ3v) is 3.88. The zero-order valence-electron chi connectivity index (χ0n) is 12.4. The van der Waals surface area contributed by atoms with Crippen LogP contribution >= 0.6 is 11.6 Å². The minimum absolute atomic E-state index is 0.189. The lowest BCUT2D eigenvalue weighted by Gasteiger charge is -2.08. The van der Waals surface area contributed by atoms with E-state index in [-0.39, 0.29) is 5.69 Å². The normalized spacial score (nSPS) is 13.5. The van der Waals surface area contributed by atoms with Crippen LogP contribution in [0.4, 0.5) is 5.69 Å². The Morgan fingerprint density at radius 1 is 1.22 bits per heavy atom. The second kappa shape index (κ2) is 6.34. The molecule has 1 aliphatic rings. The fourth-order valence-corrected chi connectivity index (χ4v) is 2.28. The molecule has 0 unspecified atom stereocenters. The molecule has 118 valence electrons. The number of methoxy groups -OCH3 is 1. The summed E-state index contributed by atoms with van der Waals surface area (Å²) in [6.07, 6.45) is 2.24. The van der Waals surface area contributed by atoms with Gasteiger partial charge in [-0.25, -0.2) is 4.79 Å². The van der Waals surface area contributed by atoms with Crippen LogP contribution in [0.5, 0.6) is 0 Å². The van der Waals surface area contributed by atoms with Gasteiger partial charge in [-0.1, -0.05) is 11.6 Å². The van der Waals surface area contributed by atoms with E-state index in [4.69, 9.17) is 11.6 Å². The quantitative estimate of drug-likeness (QED) is 0.871. The summed E-state index contributed by atoms with van der Waals surface area (Å²) in [6, 6.07) is 7.94. The van der Waals surface area contributed by atoms with E-state index in [1.807, 2.05) is 6.07 Å². The molecule has 7 heteroatoms. The van der Waals surface area contributed by atoms with Crippen molar-refractivity contribution in [1.29, 1.82) is 0 Å². The fraction of sp³-hybridized carbons (Fsp3) is 0.250. The third kappa shape index (κ3) is 3.48. The van der Waals surface area contributed by atoms with Crippen LogP contribution in [0.25, 0.3) is 0 Å². The molecular formula is C16H14ClN3O3. The van der Waals surface area contributed by atoms with Gasteiger partial charge < -0.3 is 10.1 Å². The maximum Gasteiger partial charge on any atom is 0.337 e. The van der Waals surface area contributed by atoms with Crippen molar-refractivity contribution in [1.82, 2.24) is 10.2 Å². The topological polar surface area (TPSA) is 81.2 Å². The molecule has 0 radical (unpaired) electrons. The molecule has 2 aromatic rings. The van der Waals surface area contributed by atoms with Crippen LogP contribution in [0.2, 0.25) is 5.02 Å². The predicted molar refractivity (Wildman–Crippen MR) is 84.8 cm³/mol. The summed E-state index contributed by atoms with van der Waals surface area (Å²) in [7, 11) is 1.28. The molecule has 1 amide bonds. The van der Waals surface area contributed by atoms with Crippen molar-refractivity contribution in [3.8, 4) is 0 Å². The van der Waals surface area contributed by atoms with Gasteiger partial charge >= 0.3 is 5.97 Å². The number of halogens is 1. The molecular weight excluding hydrogens is 318 g/mol.